The minimum atomic E-state index is 0.0951. The third-order valence-corrected chi connectivity index (χ3v) is 3.05. The average molecular weight is 227 g/mol. The van der Waals surface area contributed by atoms with E-state index in [0.717, 1.165) is 22.8 Å². The number of nitrogens with zero attached hydrogens (tertiary/aromatic N) is 2. The van der Waals surface area contributed by atoms with Crippen molar-refractivity contribution < 1.29 is 4.79 Å². The number of aromatic amines is 1. The molecule has 4 heteroatoms. The Hall–Kier alpha value is -2.10. The average Bonchev–Trinajstić information content (AvgIpc) is 2.87. The molecule has 1 aliphatic heterocycles. The highest BCUT2D eigenvalue weighted by Gasteiger charge is 2.24. The summed E-state index contributed by atoms with van der Waals surface area (Å²) in [4.78, 5) is 20.9. The van der Waals surface area contributed by atoms with Crippen LogP contribution in [0.15, 0.2) is 30.3 Å². The second-order valence-corrected chi connectivity index (χ2v) is 4.25. The first-order chi connectivity index (χ1) is 8.24. The van der Waals surface area contributed by atoms with Gasteiger partial charge in [0.15, 0.2) is 0 Å². The van der Waals surface area contributed by atoms with Gasteiger partial charge < -0.3 is 9.88 Å². The molecule has 0 saturated heterocycles. The summed E-state index contributed by atoms with van der Waals surface area (Å²) in [6.45, 7) is 2.85. The fraction of sp³-hybridized carbons (Fsp3) is 0.231. The number of H-pyrrole nitrogens is 1. The van der Waals surface area contributed by atoms with E-state index in [0.29, 0.717) is 13.1 Å². The third-order valence-electron chi connectivity index (χ3n) is 3.05. The van der Waals surface area contributed by atoms with Gasteiger partial charge in [0, 0.05) is 12.5 Å². The second-order valence-electron chi connectivity index (χ2n) is 4.25. The highest BCUT2D eigenvalue weighted by molar-refractivity contribution is 5.74. The summed E-state index contributed by atoms with van der Waals surface area (Å²) in [6.07, 6.45) is 0. The van der Waals surface area contributed by atoms with E-state index in [-0.39, 0.29) is 5.91 Å². The molecule has 1 aromatic carbocycles. The van der Waals surface area contributed by atoms with Crippen LogP contribution in [0.4, 0.5) is 0 Å². The number of benzene rings is 1. The van der Waals surface area contributed by atoms with Gasteiger partial charge in [0.05, 0.1) is 24.5 Å². The number of imidazole rings is 1. The van der Waals surface area contributed by atoms with Gasteiger partial charge in [-0.25, -0.2) is 4.98 Å². The van der Waals surface area contributed by atoms with Crippen LogP contribution in [0.5, 0.6) is 0 Å². The quantitative estimate of drug-likeness (QED) is 0.809. The SMILES string of the molecule is CC(=O)N1Cc2nc(-c3ccccc3)[nH]c2C1. The van der Waals surface area contributed by atoms with Crippen LogP contribution in [0.1, 0.15) is 18.3 Å². The second kappa shape index (κ2) is 3.73. The molecular weight excluding hydrogens is 214 g/mol. The molecule has 17 heavy (non-hydrogen) atoms. The molecule has 1 aromatic heterocycles. The van der Waals surface area contributed by atoms with Crippen molar-refractivity contribution in [3.63, 3.8) is 0 Å². The Kier molecular flexibility index (Phi) is 2.21. The van der Waals surface area contributed by atoms with E-state index in [4.69, 9.17) is 0 Å². The van der Waals surface area contributed by atoms with Gasteiger partial charge in [0.1, 0.15) is 5.82 Å². The van der Waals surface area contributed by atoms with Gasteiger partial charge in [0.25, 0.3) is 0 Å². The van der Waals surface area contributed by atoms with Crippen LogP contribution in [0.3, 0.4) is 0 Å². The minimum Gasteiger partial charge on any atom is -0.340 e. The van der Waals surface area contributed by atoms with Crippen LogP contribution in [-0.4, -0.2) is 20.8 Å². The molecule has 2 aromatic rings. The summed E-state index contributed by atoms with van der Waals surface area (Å²) in [5, 5.41) is 0. The fourth-order valence-electron chi connectivity index (χ4n) is 2.09. The van der Waals surface area contributed by atoms with Crippen molar-refractivity contribution in [3.8, 4) is 11.4 Å². The first-order valence-electron chi connectivity index (χ1n) is 5.63. The van der Waals surface area contributed by atoms with Crippen molar-refractivity contribution in [1.29, 1.82) is 0 Å². The lowest BCUT2D eigenvalue weighted by Crippen LogP contribution is -2.22. The lowest BCUT2D eigenvalue weighted by atomic mass is 10.2. The number of fused-ring (bicyclic) bond motifs is 1. The van der Waals surface area contributed by atoms with Crippen LogP contribution in [0.2, 0.25) is 0 Å². The molecule has 0 saturated carbocycles. The number of nitrogens with one attached hydrogen (secondary N) is 1. The molecule has 4 nitrogen and oxygen atoms in total. The fourth-order valence-corrected chi connectivity index (χ4v) is 2.09. The van der Waals surface area contributed by atoms with Crippen molar-refractivity contribution in [3.05, 3.63) is 41.7 Å². The Morgan fingerprint density at radius 1 is 1.29 bits per heavy atom. The molecule has 0 aliphatic carbocycles. The van der Waals surface area contributed by atoms with Crippen molar-refractivity contribution in [1.82, 2.24) is 14.9 Å². The molecular formula is C13H13N3O. The van der Waals surface area contributed by atoms with Gasteiger partial charge >= 0.3 is 0 Å². The van der Waals surface area contributed by atoms with Gasteiger partial charge in [-0.15, -0.1) is 0 Å². The number of aromatic nitrogens is 2. The molecule has 0 spiro atoms. The predicted molar refractivity (Wildman–Crippen MR) is 64.0 cm³/mol. The van der Waals surface area contributed by atoms with Crippen LogP contribution in [-0.2, 0) is 17.9 Å². The van der Waals surface area contributed by atoms with Crippen LogP contribution < -0.4 is 0 Å². The van der Waals surface area contributed by atoms with Crippen LogP contribution in [0, 0.1) is 0 Å². The highest BCUT2D eigenvalue weighted by atomic mass is 16.2. The van der Waals surface area contributed by atoms with Gasteiger partial charge in [-0.1, -0.05) is 30.3 Å². The monoisotopic (exact) mass is 227 g/mol. The zero-order valence-electron chi connectivity index (χ0n) is 9.60. The van der Waals surface area contributed by atoms with E-state index in [1.165, 1.54) is 0 Å². The Morgan fingerprint density at radius 2 is 2.06 bits per heavy atom. The number of rotatable bonds is 1. The van der Waals surface area contributed by atoms with Gasteiger partial charge in [-0.2, -0.15) is 0 Å². The van der Waals surface area contributed by atoms with Gasteiger partial charge in [0.2, 0.25) is 5.91 Å². The molecule has 86 valence electrons. The molecule has 0 radical (unpaired) electrons. The first-order valence-corrected chi connectivity index (χ1v) is 5.63. The predicted octanol–water partition coefficient (Wildman–Crippen LogP) is 1.94. The smallest absolute Gasteiger partial charge is 0.220 e. The largest absolute Gasteiger partial charge is 0.340 e. The van der Waals surface area contributed by atoms with E-state index >= 15 is 0 Å². The Morgan fingerprint density at radius 3 is 2.71 bits per heavy atom. The maximum absolute atomic E-state index is 11.3. The summed E-state index contributed by atoms with van der Waals surface area (Å²) in [6, 6.07) is 10.0. The zero-order valence-corrected chi connectivity index (χ0v) is 9.60. The van der Waals surface area contributed by atoms with Crippen LogP contribution in [0.25, 0.3) is 11.4 Å². The minimum absolute atomic E-state index is 0.0951. The van der Waals surface area contributed by atoms with E-state index < -0.39 is 0 Å². The van der Waals surface area contributed by atoms with E-state index in [1.807, 2.05) is 30.3 Å². The number of hydrogen-bond donors (Lipinski definition) is 1. The highest BCUT2D eigenvalue weighted by Crippen LogP contribution is 2.24. The number of hydrogen-bond acceptors (Lipinski definition) is 2. The Bertz CT molecular complexity index is 536. The molecule has 1 aliphatic rings. The standard InChI is InChI=1S/C13H13N3O/c1-9(17)16-7-11-12(8-16)15-13(14-11)10-5-3-2-4-6-10/h2-6H,7-8H2,1H3,(H,14,15). The van der Waals surface area contributed by atoms with Crippen molar-refractivity contribution in [2.75, 3.05) is 0 Å². The molecule has 0 atom stereocenters. The Labute approximate surface area is 99.3 Å². The van der Waals surface area contributed by atoms with Crippen LogP contribution >= 0.6 is 0 Å². The summed E-state index contributed by atoms with van der Waals surface area (Å²) < 4.78 is 0. The molecule has 0 fully saturated rings. The molecule has 3 rings (SSSR count). The molecule has 0 bridgehead atoms. The third kappa shape index (κ3) is 1.71. The lowest BCUT2D eigenvalue weighted by Gasteiger charge is -2.11. The molecule has 1 N–H and O–H groups in total. The Balaban J connectivity index is 1.90. The van der Waals surface area contributed by atoms with Crippen molar-refractivity contribution in [2.24, 2.45) is 0 Å². The number of amides is 1. The maximum Gasteiger partial charge on any atom is 0.220 e. The number of carbonyl (C=O) groups excluding carboxylic acids is 1. The number of carbonyl (C=O) groups is 1. The van der Waals surface area contributed by atoms with E-state index in [2.05, 4.69) is 9.97 Å². The summed E-state index contributed by atoms with van der Waals surface area (Å²) >= 11 is 0. The van der Waals surface area contributed by atoms with Gasteiger partial charge in [-0.05, 0) is 0 Å². The normalized spacial score (nSPS) is 13.8. The van der Waals surface area contributed by atoms with Crippen molar-refractivity contribution >= 4 is 5.91 Å². The summed E-state index contributed by atoms with van der Waals surface area (Å²) in [5.74, 6) is 0.983. The van der Waals surface area contributed by atoms with E-state index in [9.17, 15) is 4.79 Å². The van der Waals surface area contributed by atoms with E-state index in [1.54, 1.807) is 11.8 Å². The summed E-state index contributed by atoms with van der Waals surface area (Å²) in [5.41, 5.74) is 3.12. The topological polar surface area (TPSA) is 49.0 Å². The first kappa shape index (κ1) is 10.1. The zero-order chi connectivity index (χ0) is 11.8. The summed E-state index contributed by atoms with van der Waals surface area (Å²) in [7, 11) is 0. The molecule has 0 unspecified atom stereocenters. The molecule has 1 amide bonds. The lowest BCUT2D eigenvalue weighted by molar-refractivity contribution is -0.129. The molecule has 2 heterocycles. The van der Waals surface area contributed by atoms with Crippen molar-refractivity contribution in [2.45, 2.75) is 20.0 Å². The van der Waals surface area contributed by atoms with Gasteiger partial charge in [-0.3, -0.25) is 4.79 Å². The maximum atomic E-state index is 11.3.